The zero-order chi connectivity index (χ0) is 13.7. The minimum Gasteiger partial charge on any atom is -0.370 e. The van der Waals surface area contributed by atoms with E-state index in [2.05, 4.69) is 36.2 Å². The van der Waals surface area contributed by atoms with Crippen LogP contribution in [0.15, 0.2) is 0 Å². The molecule has 1 unspecified atom stereocenters. The number of ether oxygens (including phenoxy) is 1. The van der Waals surface area contributed by atoms with Gasteiger partial charge >= 0.3 is 0 Å². The van der Waals surface area contributed by atoms with Crippen LogP contribution < -0.4 is 11.3 Å². The standard InChI is InChI=1S/C13H24N4O/c1-6-10-9(5)12(17-14)16-13(15-10)11(8(3)4)18-7-2/h8,11H,6-7,14H2,1-5H3,(H,15,16,17). The van der Waals surface area contributed by atoms with Crippen molar-refractivity contribution >= 4 is 5.82 Å². The van der Waals surface area contributed by atoms with Gasteiger partial charge in [-0.1, -0.05) is 20.8 Å². The van der Waals surface area contributed by atoms with Gasteiger partial charge in [0.2, 0.25) is 0 Å². The fourth-order valence-electron chi connectivity index (χ4n) is 1.94. The van der Waals surface area contributed by atoms with Gasteiger partial charge in [-0.15, -0.1) is 0 Å². The van der Waals surface area contributed by atoms with Crippen molar-refractivity contribution in [3.05, 3.63) is 17.1 Å². The quantitative estimate of drug-likeness (QED) is 0.600. The second-order valence-electron chi connectivity index (χ2n) is 4.62. The van der Waals surface area contributed by atoms with Crippen molar-refractivity contribution in [2.45, 2.75) is 47.1 Å². The molecule has 5 heteroatoms. The number of hydrogen-bond acceptors (Lipinski definition) is 5. The Morgan fingerprint density at radius 2 is 1.94 bits per heavy atom. The summed E-state index contributed by atoms with van der Waals surface area (Å²) >= 11 is 0. The Kier molecular flexibility index (Phi) is 5.50. The van der Waals surface area contributed by atoms with Gasteiger partial charge in [-0.25, -0.2) is 15.8 Å². The predicted octanol–water partition coefficient (Wildman–Crippen LogP) is 2.37. The lowest BCUT2D eigenvalue weighted by Crippen LogP contribution is -2.19. The van der Waals surface area contributed by atoms with Crippen molar-refractivity contribution in [3.63, 3.8) is 0 Å². The zero-order valence-corrected chi connectivity index (χ0v) is 11.9. The van der Waals surface area contributed by atoms with Gasteiger partial charge in [0.15, 0.2) is 5.82 Å². The predicted molar refractivity (Wildman–Crippen MR) is 73.2 cm³/mol. The SMILES string of the molecule is CCOC(c1nc(CC)c(C)c(NN)n1)C(C)C. The largest absolute Gasteiger partial charge is 0.370 e. The number of nitrogens with zero attached hydrogens (tertiary/aromatic N) is 2. The molecule has 5 nitrogen and oxygen atoms in total. The van der Waals surface area contributed by atoms with Crippen LogP contribution in [0.2, 0.25) is 0 Å². The van der Waals surface area contributed by atoms with E-state index in [0.717, 1.165) is 17.7 Å². The Hall–Kier alpha value is -1.20. The number of anilines is 1. The molecule has 0 saturated heterocycles. The average Bonchev–Trinajstić information content (AvgIpc) is 2.36. The van der Waals surface area contributed by atoms with E-state index in [4.69, 9.17) is 10.6 Å². The number of nitrogens with one attached hydrogen (secondary N) is 1. The van der Waals surface area contributed by atoms with Crippen LogP contribution in [0.1, 0.15) is 50.9 Å². The van der Waals surface area contributed by atoms with Crippen molar-refractivity contribution < 1.29 is 4.74 Å². The van der Waals surface area contributed by atoms with Crippen molar-refractivity contribution in [3.8, 4) is 0 Å². The molecule has 0 fully saturated rings. The molecule has 3 N–H and O–H groups in total. The van der Waals surface area contributed by atoms with Crippen LogP contribution in [0.25, 0.3) is 0 Å². The summed E-state index contributed by atoms with van der Waals surface area (Å²) < 4.78 is 5.73. The highest BCUT2D eigenvalue weighted by Crippen LogP contribution is 2.26. The number of aromatic nitrogens is 2. The Morgan fingerprint density at radius 1 is 1.28 bits per heavy atom. The second-order valence-corrected chi connectivity index (χ2v) is 4.62. The normalized spacial score (nSPS) is 12.8. The highest BCUT2D eigenvalue weighted by atomic mass is 16.5. The van der Waals surface area contributed by atoms with Gasteiger partial charge in [0.25, 0.3) is 0 Å². The monoisotopic (exact) mass is 252 g/mol. The van der Waals surface area contributed by atoms with E-state index in [1.54, 1.807) is 0 Å². The Balaban J connectivity index is 3.21. The maximum atomic E-state index is 5.73. The lowest BCUT2D eigenvalue weighted by molar-refractivity contribution is 0.0231. The fourth-order valence-corrected chi connectivity index (χ4v) is 1.94. The number of hydrazine groups is 1. The first-order chi connectivity index (χ1) is 8.54. The summed E-state index contributed by atoms with van der Waals surface area (Å²) in [5, 5.41) is 0. The molecule has 1 aromatic rings. The summed E-state index contributed by atoms with van der Waals surface area (Å²) in [6.45, 7) is 10.9. The molecule has 0 bridgehead atoms. The first-order valence-electron chi connectivity index (χ1n) is 6.50. The van der Waals surface area contributed by atoms with Crippen LogP contribution in [0.3, 0.4) is 0 Å². The molecule has 0 aliphatic heterocycles. The van der Waals surface area contributed by atoms with Gasteiger partial charge in [-0.3, -0.25) is 0 Å². The van der Waals surface area contributed by atoms with E-state index in [0.29, 0.717) is 24.2 Å². The van der Waals surface area contributed by atoms with Crippen molar-refractivity contribution in [2.24, 2.45) is 11.8 Å². The maximum Gasteiger partial charge on any atom is 0.160 e. The molecule has 1 aromatic heterocycles. The van der Waals surface area contributed by atoms with Crippen molar-refractivity contribution in [1.82, 2.24) is 9.97 Å². The third kappa shape index (κ3) is 3.17. The molecular weight excluding hydrogens is 228 g/mol. The third-order valence-electron chi connectivity index (χ3n) is 2.94. The van der Waals surface area contributed by atoms with Crippen LogP contribution in [0, 0.1) is 12.8 Å². The summed E-state index contributed by atoms with van der Waals surface area (Å²) in [5.41, 5.74) is 4.65. The highest BCUT2D eigenvalue weighted by molar-refractivity contribution is 5.44. The molecule has 1 heterocycles. The molecule has 0 aliphatic rings. The van der Waals surface area contributed by atoms with Gasteiger partial charge in [-0.05, 0) is 26.2 Å². The van der Waals surface area contributed by atoms with E-state index in [1.807, 2.05) is 13.8 Å². The number of aryl methyl sites for hydroxylation is 1. The molecule has 0 amide bonds. The fraction of sp³-hybridized carbons (Fsp3) is 0.692. The van der Waals surface area contributed by atoms with Gasteiger partial charge in [0, 0.05) is 17.9 Å². The molecular formula is C13H24N4O. The minimum atomic E-state index is -0.0898. The summed E-state index contributed by atoms with van der Waals surface area (Å²) in [6.07, 6.45) is 0.764. The molecule has 102 valence electrons. The van der Waals surface area contributed by atoms with E-state index in [1.165, 1.54) is 0 Å². The Morgan fingerprint density at radius 3 is 2.39 bits per heavy atom. The first kappa shape index (κ1) is 14.9. The van der Waals surface area contributed by atoms with Crippen LogP contribution >= 0.6 is 0 Å². The molecule has 0 saturated carbocycles. The smallest absolute Gasteiger partial charge is 0.160 e. The topological polar surface area (TPSA) is 73.1 Å². The molecule has 1 rings (SSSR count). The molecule has 0 radical (unpaired) electrons. The Bertz CT molecular complexity index is 368. The number of rotatable bonds is 6. The summed E-state index contributed by atoms with van der Waals surface area (Å²) in [7, 11) is 0. The van der Waals surface area contributed by atoms with Gasteiger partial charge in [-0.2, -0.15) is 0 Å². The Labute approximate surface area is 109 Å². The van der Waals surface area contributed by atoms with E-state index in [-0.39, 0.29) is 6.10 Å². The van der Waals surface area contributed by atoms with Crippen LogP contribution in [0.4, 0.5) is 5.82 Å². The van der Waals surface area contributed by atoms with E-state index in [9.17, 15) is 0 Å². The van der Waals surface area contributed by atoms with Crippen LogP contribution in [0.5, 0.6) is 0 Å². The van der Waals surface area contributed by atoms with E-state index < -0.39 is 0 Å². The van der Waals surface area contributed by atoms with Crippen molar-refractivity contribution in [1.29, 1.82) is 0 Å². The van der Waals surface area contributed by atoms with Gasteiger partial charge in [0.05, 0.1) is 0 Å². The number of nitrogens with two attached hydrogens (primary N) is 1. The summed E-state index contributed by atoms with van der Waals surface area (Å²) in [4.78, 5) is 9.08. The average molecular weight is 252 g/mol. The lowest BCUT2D eigenvalue weighted by Gasteiger charge is -2.21. The molecule has 18 heavy (non-hydrogen) atoms. The van der Waals surface area contributed by atoms with Crippen LogP contribution in [-0.4, -0.2) is 16.6 Å². The highest BCUT2D eigenvalue weighted by Gasteiger charge is 2.21. The summed E-state index contributed by atoms with van der Waals surface area (Å²) in [5.74, 6) is 7.23. The van der Waals surface area contributed by atoms with Gasteiger partial charge < -0.3 is 10.2 Å². The maximum absolute atomic E-state index is 5.73. The first-order valence-corrected chi connectivity index (χ1v) is 6.50. The minimum absolute atomic E-state index is 0.0898. The third-order valence-corrected chi connectivity index (χ3v) is 2.94. The number of hydrogen-bond donors (Lipinski definition) is 2. The second kappa shape index (κ2) is 6.66. The summed E-state index contributed by atoms with van der Waals surface area (Å²) in [6, 6.07) is 0. The molecule has 0 spiro atoms. The van der Waals surface area contributed by atoms with Crippen LogP contribution in [-0.2, 0) is 11.2 Å². The van der Waals surface area contributed by atoms with Gasteiger partial charge in [0.1, 0.15) is 11.9 Å². The molecule has 0 aliphatic carbocycles. The molecule has 0 aromatic carbocycles. The lowest BCUT2D eigenvalue weighted by atomic mass is 10.1. The van der Waals surface area contributed by atoms with Crippen molar-refractivity contribution in [2.75, 3.05) is 12.0 Å². The zero-order valence-electron chi connectivity index (χ0n) is 11.9. The number of nitrogen functional groups attached to an aromatic ring is 1. The molecule has 1 atom stereocenters. The van der Waals surface area contributed by atoms with E-state index >= 15 is 0 Å².